The molecule has 0 radical (unpaired) electrons. The van der Waals surface area contributed by atoms with Gasteiger partial charge in [-0.1, -0.05) is 19.0 Å². The normalized spacial score (nSPS) is 13.3. The molecule has 5 nitrogen and oxygen atoms in total. The molecule has 0 aromatic carbocycles. The maximum atomic E-state index is 5.88. The molecule has 15 heavy (non-hydrogen) atoms. The minimum Gasteiger partial charge on any atom is -0.472 e. The van der Waals surface area contributed by atoms with Crippen LogP contribution in [0, 0.1) is 5.92 Å². The molecule has 0 aliphatic heterocycles. The van der Waals surface area contributed by atoms with Crippen molar-refractivity contribution in [1.82, 2.24) is 10.1 Å². The van der Waals surface area contributed by atoms with Gasteiger partial charge in [-0.15, -0.1) is 0 Å². The Hall–Kier alpha value is -1.62. The molecular formula is C10H13N3O2. The summed E-state index contributed by atoms with van der Waals surface area (Å²) < 4.78 is 10.0. The van der Waals surface area contributed by atoms with Gasteiger partial charge in [0.05, 0.1) is 17.9 Å². The van der Waals surface area contributed by atoms with Gasteiger partial charge in [-0.3, -0.25) is 0 Å². The molecule has 5 heteroatoms. The SMILES string of the molecule is CC(C)C(N)c1nc(-c2ccoc2)no1. The molecule has 0 saturated carbocycles. The van der Waals surface area contributed by atoms with Gasteiger partial charge >= 0.3 is 0 Å². The van der Waals surface area contributed by atoms with E-state index in [1.165, 1.54) is 0 Å². The van der Waals surface area contributed by atoms with E-state index in [0.29, 0.717) is 11.7 Å². The highest BCUT2D eigenvalue weighted by molar-refractivity contribution is 5.51. The number of hydrogen-bond acceptors (Lipinski definition) is 5. The standard InChI is InChI=1S/C10H13N3O2/c1-6(2)8(11)10-12-9(13-15-10)7-3-4-14-5-7/h3-6,8H,11H2,1-2H3. The molecule has 0 spiro atoms. The topological polar surface area (TPSA) is 78.1 Å². The molecule has 0 aliphatic carbocycles. The average Bonchev–Trinajstić information content (AvgIpc) is 2.86. The van der Waals surface area contributed by atoms with Crippen molar-refractivity contribution in [2.75, 3.05) is 0 Å². The Morgan fingerprint density at radius 2 is 2.20 bits per heavy atom. The average molecular weight is 207 g/mol. The van der Waals surface area contributed by atoms with Gasteiger partial charge in [-0.05, 0) is 12.0 Å². The molecule has 1 atom stereocenters. The molecule has 2 aromatic rings. The molecule has 0 saturated heterocycles. The van der Waals surface area contributed by atoms with Crippen LogP contribution in [-0.4, -0.2) is 10.1 Å². The number of aromatic nitrogens is 2. The Kier molecular flexibility index (Phi) is 2.55. The quantitative estimate of drug-likeness (QED) is 0.832. The van der Waals surface area contributed by atoms with Crippen LogP contribution in [0.3, 0.4) is 0 Å². The second-order valence-corrected chi connectivity index (χ2v) is 3.74. The fraction of sp³-hybridized carbons (Fsp3) is 0.400. The Labute approximate surface area is 87.3 Å². The van der Waals surface area contributed by atoms with Crippen molar-refractivity contribution < 1.29 is 8.94 Å². The molecule has 0 bridgehead atoms. The first-order chi connectivity index (χ1) is 7.18. The van der Waals surface area contributed by atoms with E-state index >= 15 is 0 Å². The summed E-state index contributed by atoms with van der Waals surface area (Å²) >= 11 is 0. The number of nitrogens with two attached hydrogens (primary N) is 1. The Balaban J connectivity index is 2.25. The van der Waals surface area contributed by atoms with Gasteiger partial charge < -0.3 is 14.7 Å². The lowest BCUT2D eigenvalue weighted by Gasteiger charge is -2.08. The van der Waals surface area contributed by atoms with Crippen LogP contribution in [0.1, 0.15) is 25.8 Å². The summed E-state index contributed by atoms with van der Waals surface area (Å²) in [6.07, 6.45) is 3.13. The summed E-state index contributed by atoms with van der Waals surface area (Å²) in [4.78, 5) is 4.21. The van der Waals surface area contributed by atoms with Gasteiger partial charge in [0.2, 0.25) is 11.7 Å². The monoisotopic (exact) mass is 207 g/mol. The third-order valence-corrected chi connectivity index (χ3v) is 2.22. The Morgan fingerprint density at radius 3 is 2.80 bits per heavy atom. The van der Waals surface area contributed by atoms with Gasteiger partial charge in [-0.2, -0.15) is 4.98 Å². The van der Waals surface area contributed by atoms with Gasteiger partial charge in [0.25, 0.3) is 0 Å². The second kappa shape index (κ2) is 3.86. The first kappa shape index (κ1) is 9.92. The van der Waals surface area contributed by atoms with Gasteiger partial charge in [-0.25, -0.2) is 0 Å². The summed E-state index contributed by atoms with van der Waals surface area (Å²) in [5, 5.41) is 3.84. The summed E-state index contributed by atoms with van der Waals surface area (Å²) in [6, 6.07) is 1.55. The summed E-state index contributed by atoms with van der Waals surface area (Å²) in [5.74, 6) is 1.23. The fourth-order valence-corrected chi connectivity index (χ4v) is 1.16. The van der Waals surface area contributed by atoms with E-state index < -0.39 is 0 Å². The van der Waals surface area contributed by atoms with Crippen molar-refractivity contribution in [3.05, 3.63) is 24.5 Å². The van der Waals surface area contributed by atoms with Gasteiger partial charge in [0.15, 0.2) is 0 Å². The highest BCUT2D eigenvalue weighted by Crippen LogP contribution is 2.21. The zero-order chi connectivity index (χ0) is 10.8. The van der Waals surface area contributed by atoms with Crippen LogP contribution in [0.15, 0.2) is 27.5 Å². The minimum atomic E-state index is -0.224. The summed E-state index contributed by atoms with van der Waals surface area (Å²) in [6.45, 7) is 4.01. The van der Waals surface area contributed by atoms with Crippen molar-refractivity contribution in [2.24, 2.45) is 11.7 Å². The maximum Gasteiger partial charge on any atom is 0.244 e. The van der Waals surface area contributed by atoms with E-state index in [1.807, 2.05) is 13.8 Å². The molecule has 2 heterocycles. The van der Waals surface area contributed by atoms with E-state index in [1.54, 1.807) is 18.6 Å². The van der Waals surface area contributed by atoms with E-state index in [9.17, 15) is 0 Å². The Bertz CT molecular complexity index is 420. The maximum absolute atomic E-state index is 5.88. The van der Waals surface area contributed by atoms with Crippen molar-refractivity contribution in [1.29, 1.82) is 0 Å². The van der Waals surface area contributed by atoms with Crippen LogP contribution >= 0.6 is 0 Å². The van der Waals surface area contributed by atoms with Crippen LogP contribution in [0.2, 0.25) is 0 Å². The van der Waals surface area contributed by atoms with Crippen LogP contribution in [-0.2, 0) is 0 Å². The predicted molar refractivity (Wildman–Crippen MR) is 53.8 cm³/mol. The van der Waals surface area contributed by atoms with Crippen molar-refractivity contribution >= 4 is 0 Å². The van der Waals surface area contributed by atoms with E-state index in [4.69, 9.17) is 14.7 Å². The fourth-order valence-electron chi connectivity index (χ4n) is 1.16. The smallest absolute Gasteiger partial charge is 0.244 e. The third-order valence-electron chi connectivity index (χ3n) is 2.22. The largest absolute Gasteiger partial charge is 0.472 e. The van der Waals surface area contributed by atoms with Crippen molar-refractivity contribution in [2.45, 2.75) is 19.9 Å². The molecule has 0 aliphatic rings. The molecule has 2 rings (SSSR count). The highest BCUT2D eigenvalue weighted by atomic mass is 16.5. The van der Waals surface area contributed by atoms with Crippen molar-refractivity contribution in [3.8, 4) is 11.4 Å². The van der Waals surface area contributed by atoms with Crippen LogP contribution in [0.4, 0.5) is 0 Å². The highest BCUT2D eigenvalue weighted by Gasteiger charge is 2.18. The molecule has 0 fully saturated rings. The lowest BCUT2D eigenvalue weighted by Crippen LogP contribution is -2.16. The van der Waals surface area contributed by atoms with Crippen LogP contribution < -0.4 is 5.73 Å². The van der Waals surface area contributed by atoms with Crippen LogP contribution in [0.5, 0.6) is 0 Å². The third kappa shape index (κ3) is 1.92. The number of rotatable bonds is 3. The Morgan fingerprint density at radius 1 is 1.40 bits per heavy atom. The predicted octanol–water partition coefficient (Wildman–Crippen LogP) is 1.99. The molecule has 1 unspecified atom stereocenters. The molecule has 0 amide bonds. The van der Waals surface area contributed by atoms with Crippen LogP contribution in [0.25, 0.3) is 11.4 Å². The first-order valence-electron chi connectivity index (χ1n) is 4.80. The van der Waals surface area contributed by atoms with Gasteiger partial charge in [0, 0.05) is 0 Å². The zero-order valence-corrected chi connectivity index (χ0v) is 8.68. The summed E-state index contributed by atoms with van der Waals surface area (Å²) in [7, 11) is 0. The molecular weight excluding hydrogens is 194 g/mol. The minimum absolute atomic E-state index is 0.224. The zero-order valence-electron chi connectivity index (χ0n) is 8.68. The van der Waals surface area contributed by atoms with Crippen molar-refractivity contribution in [3.63, 3.8) is 0 Å². The molecule has 2 N–H and O–H groups in total. The first-order valence-corrected chi connectivity index (χ1v) is 4.80. The summed E-state index contributed by atoms with van der Waals surface area (Å²) in [5.41, 5.74) is 6.68. The number of furan rings is 1. The second-order valence-electron chi connectivity index (χ2n) is 3.74. The van der Waals surface area contributed by atoms with Gasteiger partial charge in [0.1, 0.15) is 6.26 Å². The molecule has 2 aromatic heterocycles. The van der Waals surface area contributed by atoms with E-state index in [-0.39, 0.29) is 12.0 Å². The van der Waals surface area contributed by atoms with E-state index in [2.05, 4.69) is 10.1 Å². The number of nitrogens with zero attached hydrogens (tertiary/aromatic N) is 2. The number of hydrogen-bond donors (Lipinski definition) is 1. The lowest BCUT2D eigenvalue weighted by molar-refractivity contribution is 0.325. The molecule has 80 valence electrons. The van der Waals surface area contributed by atoms with E-state index in [0.717, 1.165) is 5.56 Å². The lowest BCUT2D eigenvalue weighted by atomic mass is 10.1.